The first kappa shape index (κ1) is 9.39. The lowest BCUT2D eigenvalue weighted by Crippen LogP contribution is -2.51. The zero-order valence-electron chi connectivity index (χ0n) is 7.75. The van der Waals surface area contributed by atoms with Crippen LogP contribution in [-0.2, 0) is 4.79 Å². The molecule has 1 aliphatic heterocycles. The fraction of sp³-hybridized carbons (Fsp3) is 0.625. The van der Waals surface area contributed by atoms with Crippen molar-refractivity contribution in [2.45, 2.75) is 6.92 Å². The van der Waals surface area contributed by atoms with Gasteiger partial charge < -0.3 is 10.0 Å². The molecule has 0 saturated carbocycles. The molecule has 1 atom stereocenters. The first-order chi connectivity index (χ1) is 6.68. The summed E-state index contributed by atoms with van der Waals surface area (Å²) in [7, 11) is 0. The molecule has 2 rings (SSSR count). The van der Waals surface area contributed by atoms with Crippen LogP contribution in [0.2, 0.25) is 0 Å². The van der Waals surface area contributed by atoms with Crippen molar-refractivity contribution < 1.29 is 9.90 Å². The first-order valence-electron chi connectivity index (χ1n) is 4.42. The zero-order chi connectivity index (χ0) is 10.1. The van der Waals surface area contributed by atoms with E-state index < -0.39 is 5.97 Å². The topological polar surface area (TPSA) is 66.3 Å². The highest BCUT2D eigenvalue weighted by atomic mass is 32.1. The molecular weight excluding hydrogens is 202 g/mol. The number of aliphatic carboxylic acids is 1. The third-order valence-corrected chi connectivity index (χ3v) is 3.38. The third kappa shape index (κ3) is 1.57. The Bertz CT molecular complexity index is 321. The smallest absolute Gasteiger partial charge is 0.306 e. The molecule has 0 bridgehead atoms. The molecule has 0 amide bonds. The van der Waals surface area contributed by atoms with Crippen LogP contribution < -0.4 is 4.90 Å². The Hall–Kier alpha value is -1.17. The number of anilines is 1. The van der Waals surface area contributed by atoms with E-state index in [-0.39, 0.29) is 11.8 Å². The lowest BCUT2D eigenvalue weighted by molar-refractivity contribution is -0.143. The predicted octanol–water partition coefficient (Wildman–Crippen LogP) is 0.695. The molecule has 1 saturated heterocycles. The van der Waals surface area contributed by atoms with E-state index in [1.807, 2.05) is 0 Å². The van der Waals surface area contributed by atoms with Crippen LogP contribution in [0.4, 0.5) is 5.13 Å². The molecular formula is C8H11N3O2S. The van der Waals surface area contributed by atoms with Crippen LogP contribution in [-0.4, -0.2) is 34.4 Å². The van der Waals surface area contributed by atoms with Crippen molar-refractivity contribution in [2.75, 3.05) is 18.0 Å². The van der Waals surface area contributed by atoms with Gasteiger partial charge in [0.05, 0.1) is 5.92 Å². The van der Waals surface area contributed by atoms with Crippen molar-refractivity contribution >= 4 is 22.4 Å². The maximum atomic E-state index is 10.7. The van der Waals surface area contributed by atoms with E-state index in [4.69, 9.17) is 5.11 Å². The summed E-state index contributed by atoms with van der Waals surface area (Å²) in [6, 6.07) is 0. The Labute approximate surface area is 85.4 Å². The van der Waals surface area contributed by atoms with E-state index in [2.05, 4.69) is 15.1 Å². The highest BCUT2D eigenvalue weighted by Gasteiger charge is 2.35. The lowest BCUT2D eigenvalue weighted by Gasteiger charge is -2.40. The van der Waals surface area contributed by atoms with Crippen LogP contribution in [0.5, 0.6) is 0 Å². The van der Waals surface area contributed by atoms with Crippen molar-refractivity contribution in [1.29, 1.82) is 0 Å². The third-order valence-electron chi connectivity index (χ3n) is 2.63. The number of aromatic nitrogens is 2. The Morgan fingerprint density at radius 1 is 1.79 bits per heavy atom. The summed E-state index contributed by atoms with van der Waals surface area (Å²) in [5.74, 6) is -0.734. The molecule has 0 spiro atoms. The van der Waals surface area contributed by atoms with Gasteiger partial charge in [0.2, 0.25) is 5.13 Å². The molecule has 1 aromatic heterocycles. The molecule has 1 N–H and O–H groups in total. The molecule has 2 heterocycles. The van der Waals surface area contributed by atoms with Crippen LogP contribution in [0.15, 0.2) is 5.51 Å². The van der Waals surface area contributed by atoms with E-state index in [1.165, 1.54) is 11.3 Å². The summed E-state index contributed by atoms with van der Waals surface area (Å²) in [6.45, 7) is 3.32. The van der Waals surface area contributed by atoms with Gasteiger partial charge in [-0.3, -0.25) is 4.79 Å². The normalized spacial score (nSPS) is 19.1. The van der Waals surface area contributed by atoms with Gasteiger partial charge in [0.1, 0.15) is 5.51 Å². The van der Waals surface area contributed by atoms with Gasteiger partial charge in [0, 0.05) is 19.0 Å². The molecule has 6 heteroatoms. The van der Waals surface area contributed by atoms with E-state index in [0.717, 1.165) is 18.2 Å². The fourth-order valence-corrected chi connectivity index (χ4v) is 2.07. The Balaban J connectivity index is 1.88. The number of nitrogens with zero attached hydrogens (tertiary/aromatic N) is 3. The highest BCUT2D eigenvalue weighted by molar-refractivity contribution is 7.13. The van der Waals surface area contributed by atoms with Gasteiger partial charge in [-0.15, -0.1) is 10.2 Å². The molecule has 0 radical (unpaired) electrons. The SMILES string of the molecule is CC(C(=O)O)C1CN(c2nncs2)C1. The van der Waals surface area contributed by atoms with E-state index in [0.29, 0.717) is 0 Å². The quantitative estimate of drug-likeness (QED) is 0.800. The molecule has 1 aliphatic rings. The second-order valence-corrected chi connectivity index (χ2v) is 4.32. The molecule has 5 nitrogen and oxygen atoms in total. The summed E-state index contributed by atoms with van der Waals surface area (Å²) < 4.78 is 0. The molecule has 0 aliphatic carbocycles. The second-order valence-electron chi connectivity index (χ2n) is 3.51. The number of carboxylic acids is 1. The average molecular weight is 213 g/mol. The van der Waals surface area contributed by atoms with Crippen LogP contribution in [0.25, 0.3) is 0 Å². The summed E-state index contributed by atoms with van der Waals surface area (Å²) in [6.07, 6.45) is 0. The average Bonchev–Trinajstić information content (AvgIpc) is 2.54. The van der Waals surface area contributed by atoms with Crippen molar-refractivity contribution in [3.05, 3.63) is 5.51 Å². The van der Waals surface area contributed by atoms with Gasteiger partial charge in [-0.2, -0.15) is 0 Å². The largest absolute Gasteiger partial charge is 0.481 e. The van der Waals surface area contributed by atoms with Crippen LogP contribution in [0.3, 0.4) is 0 Å². The predicted molar refractivity (Wildman–Crippen MR) is 52.4 cm³/mol. The molecule has 1 unspecified atom stereocenters. The van der Waals surface area contributed by atoms with Crippen LogP contribution in [0, 0.1) is 11.8 Å². The summed E-state index contributed by atoms with van der Waals surface area (Å²) in [4.78, 5) is 12.7. The molecule has 76 valence electrons. The van der Waals surface area contributed by atoms with E-state index in [1.54, 1.807) is 12.4 Å². The number of carboxylic acid groups (broad SMARTS) is 1. The minimum Gasteiger partial charge on any atom is -0.481 e. The van der Waals surface area contributed by atoms with Gasteiger partial charge >= 0.3 is 5.97 Å². The Kier molecular flexibility index (Phi) is 2.37. The molecule has 1 aromatic rings. The molecule has 14 heavy (non-hydrogen) atoms. The maximum absolute atomic E-state index is 10.7. The number of rotatable bonds is 3. The Morgan fingerprint density at radius 3 is 3.00 bits per heavy atom. The minimum atomic E-state index is -0.716. The number of hydrogen-bond donors (Lipinski definition) is 1. The van der Waals surface area contributed by atoms with Gasteiger partial charge in [-0.25, -0.2) is 0 Å². The van der Waals surface area contributed by atoms with Gasteiger partial charge in [0.25, 0.3) is 0 Å². The fourth-order valence-electron chi connectivity index (χ4n) is 1.49. The van der Waals surface area contributed by atoms with Crippen LogP contribution in [0.1, 0.15) is 6.92 Å². The van der Waals surface area contributed by atoms with Crippen molar-refractivity contribution in [3.8, 4) is 0 Å². The monoisotopic (exact) mass is 213 g/mol. The van der Waals surface area contributed by atoms with E-state index >= 15 is 0 Å². The van der Waals surface area contributed by atoms with Gasteiger partial charge in [0.15, 0.2) is 0 Å². The van der Waals surface area contributed by atoms with Crippen LogP contribution >= 0.6 is 11.3 Å². The van der Waals surface area contributed by atoms with E-state index in [9.17, 15) is 4.79 Å². The molecule has 1 fully saturated rings. The first-order valence-corrected chi connectivity index (χ1v) is 5.30. The second kappa shape index (κ2) is 3.53. The lowest BCUT2D eigenvalue weighted by atomic mass is 9.87. The van der Waals surface area contributed by atoms with Gasteiger partial charge in [-0.05, 0) is 0 Å². The number of hydrogen-bond acceptors (Lipinski definition) is 5. The number of carbonyl (C=O) groups is 1. The highest BCUT2D eigenvalue weighted by Crippen LogP contribution is 2.29. The summed E-state index contributed by atoms with van der Waals surface area (Å²) in [5, 5.41) is 17.3. The maximum Gasteiger partial charge on any atom is 0.306 e. The van der Waals surface area contributed by atoms with Crippen molar-refractivity contribution in [1.82, 2.24) is 10.2 Å². The Morgan fingerprint density at radius 2 is 2.50 bits per heavy atom. The zero-order valence-corrected chi connectivity index (χ0v) is 8.57. The molecule has 0 aromatic carbocycles. The van der Waals surface area contributed by atoms with Crippen molar-refractivity contribution in [2.24, 2.45) is 11.8 Å². The summed E-state index contributed by atoms with van der Waals surface area (Å²) in [5.41, 5.74) is 1.68. The van der Waals surface area contributed by atoms with Gasteiger partial charge in [-0.1, -0.05) is 18.3 Å². The summed E-state index contributed by atoms with van der Waals surface area (Å²) >= 11 is 1.49. The minimum absolute atomic E-state index is 0.247. The standard InChI is InChI=1S/C8H11N3O2S/c1-5(7(12)13)6-2-11(3-6)8-10-9-4-14-8/h4-6H,2-3H2,1H3,(H,12,13). The van der Waals surface area contributed by atoms with Crippen molar-refractivity contribution in [3.63, 3.8) is 0 Å².